The van der Waals surface area contributed by atoms with Crippen LogP contribution in [0.1, 0.15) is 16.7 Å². The molecular weight excluding hydrogens is 880 g/mol. The van der Waals surface area contributed by atoms with Gasteiger partial charge in [0.05, 0.1) is 48.8 Å². The Balaban J connectivity index is 1.36. The first-order valence-corrected chi connectivity index (χ1v) is 19.7. The summed E-state index contributed by atoms with van der Waals surface area (Å²) in [6.45, 7) is -1.61. The van der Waals surface area contributed by atoms with Gasteiger partial charge in [-0.3, -0.25) is 0 Å². The molecule has 3 aromatic rings. The van der Waals surface area contributed by atoms with Gasteiger partial charge in [-0.25, -0.2) is 14.4 Å². The van der Waals surface area contributed by atoms with Gasteiger partial charge in [0.2, 0.25) is 17.8 Å². The van der Waals surface area contributed by atoms with Crippen LogP contribution in [-0.2, 0) is 42.8 Å². The van der Waals surface area contributed by atoms with E-state index >= 15 is 0 Å². The third kappa shape index (κ3) is 12.2. The molecule has 2 heterocycles. The summed E-state index contributed by atoms with van der Waals surface area (Å²) in [6, 6.07) is 9.71. The van der Waals surface area contributed by atoms with Gasteiger partial charge in [-0.2, -0.15) is 0 Å². The first kappa shape index (κ1) is 50.4. The number of carbonyl (C=O) groups is 3. The van der Waals surface area contributed by atoms with Crippen LogP contribution < -0.4 is 23.7 Å². The van der Waals surface area contributed by atoms with E-state index in [-0.39, 0.29) is 46.0 Å². The molecule has 10 atom stereocenters. The molecule has 2 aliphatic heterocycles. The minimum absolute atomic E-state index is 0.0163. The quantitative estimate of drug-likeness (QED) is 0.0491. The fourth-order valence-corrected chi connectivity index (χ4v) is 6.58. The highest BCUT2D eigenvalue weighted by atomic mass is 16.8. The smallest absolute Gasteiger partial charge is 0.333 e. The maximum absolute atomic E-state index is 13.3. The summed E-state index contributed by atoms with van der Waals surface area (Å²) >= 11 is 0. The van der Waals surface area contributed by atoms with E-state index in [0.29, 0.717) is 16.7 Å². The van der Waals surface area contributed by atoms with Crippen LogP contribution in [0.15, 0.2) is 60.7 Å². The second-order valence-corrected chi connectivity index (χ2v) is 14.3. The average molecular weight is 931 g/mol. The van der Waals surface area contributed by atoms with Crippen molar-refractivity contribution in [3.63, 3.8) is 0 Å². The van der Waals surface area contributed by atoms with Crippen LogP contribution in [0.5, 0.6) is 46.0 Å². The van der Waals surface area contributed by atoms with Crippen LogP contribution in [0.25, 0.3) is 18.2 Å². The largest absolute Gasteiger partial charge is 0.504 e. The van der Waals surface area contributed by atoms with E-state index < -0.39 is 92.5 Å². The molecule has 0 amide bonds. The Morgan fingerprint density at radius 3 is 1.38 bits per heavy atom. The molecule has 22 nitrogen and oxygen atoms in total. The minimum Gasteiger partial charge on any atom is -0.504 e. The van der Waals surface area contributed by atoms with Crippen molar-refractivity contribution in [3.05, 3.63) is 77.4 Å². The van der Waals surface area contributed by atoms with Gasteiger partial charge in [0, 0.05) is 18.2 Å². The van der Waals surface area contributed by atoms with Crippen molar-refractivity contribution in [1.82, 2.24) is 0 Å². The Bertz CT molecular complexity index is 2210. The van der Waals surface area contributed by atoms with Gasteiger partial charge in [-0.15, -0.1) is 0 Å². The number of aliphatic hydroxyl groups is 5. The molecule has 66 heavy (non-hydrogen) atoms. The number of carbonyl (C=O) groups excluding carboxylic acids is 3. The predicted octanol–water partition coefficient (Wildman–Crippen LogP) is 0.556. The van der Waals surface area contributed by atoms with Crippen LogP contribution in [-0.4, -0.2) is 169 Å². The van der Waals surface area contributed by atoms with Crippen LogP contribution >= 0.6 is 0 Å². The van der Waals surface area contributed by atoms with E-state index in [4.69, 9.17) is 52.1 Å². The summed E-state index contributed by atoms with van der Waals surface area (Å²) < 4.78 is 59.1. The molecule has 3 aromatic carbocycles. The van der Waals surface area contributed by atoms with Crippen LogP contribution in [0, 0.1) is 0 Å². The summed E-state index contributed by atoms with van der Waals surface area (Å²) in [6.07, 6.45) is -11.6. The van der Waals surface area contributed by atoms with E-state index in [1.54, 1.807) is 0 Å². The molecule has 358 valence electrons. The second-order valence-electron chi connectivity index (χ2n) is 14.3. The Labute approximate surface area is 376 Å². The molecule has 0 radical (unpaired) electrons. The predicted molar refractivity (Wildman–Crippen MR) is 224 cm³/mol. The number of phenols is 3. The van der Waals surface area contributed by atoms with Gasteiger partial charge >= 0.3 is 17.9 Å². The molecule has 8 N–H and O–H groups in total. The van der Waals surface area contributed by atoms with Crippen LogP contribution in [0.4, 0.5) is 0 Å². The van der Waals surface area contributed by atoms with E-state index in [1.165, 1.54) is 96.2 Å². The van der Waals surface area contributed by atoms with Crippen molar-refractivity contribution >= 4 is 36.1 Å². The van der Waals surface area contributed by atoms with Gasteiger partial charge in [-0.05, 0) is 71.3 Å². The molecule has 5 rings (SSSR count). The molecule has 0 saturated carbocycles. The van der Waals surface area contributed by atoms with E-state index in [9.17, 15) is 55.2 Å². The first-order chi connectivity index (χ1) is 31.5. The lowest BCUT2D eigenvalue weighted by molar-refractivity contribution is -0.328. The van der Waals surface area contributed by atoms with Gasteiger partial charge in [-0.1, -0.05) is 6.07 Å². The number of ether oxygens (including phenoxy) is 11. The number of hydrogen-bond acceptors (Lipinski definition) is 22. The zero-order chi connectivity index (χ0) is 48.2. The van der Waals surface area contributed by atoms with E-state index in [0.717, 1.165) is 18.2 Å². The highest BCUT2D eigenvalue weighted by Crippen LogP contribution is 2.39. The standard InChI is InChI=1S/C44H50O22/c1-56-25-14-21(6-10-24(25)46)7-11-32(47)65-42-40(55)38(53)31(63-44(42)66-34(49)13-9-23-17-28(59-4)36(51)29(18-23)60-5)20-61-43-41(39(54)37(52)30(19-45)62-43)64-33(48)12-8-22-15-26(57-2)35(50)27(16-22)58-3/h6-18,30-31,37-46,50-55H,19-20H2,1-5H3/b11-7+,12-8+,13-9+/t30-,31+,37-,38+,39+,40-,41-,42+,43-,44-/m0/s1. The zero-order valence-electron chi connectivity index (χ0n) is 36.0. The molecule has 2 aliphatic rings. The number of rotatable bonds is 18. The van der Waals surface area contributed by atoms with Crippen LogP contribution in [0.3, 0.4) is 0 Å². The van der Waals surface area contributed by atoms with Crippen LogP contribution in [0.2, 0.25) is 0 Å². The highest BCUT2D eigenvalue weighted by Gasteiger charge is 2.51. The summed E-state index contributed by atoms with van der Waals surface area (Å²) in [5.74, 6) is -3.87. The molecule has 0 unspecified atom stereocenters. The maximum Gasteiger partial charge on any atom is 0.333 e. The molecular formula is C44H50O22. The van der Waals surface area contributed by atoms with Gasteiger partial charge in [0.15, 0.2) is 53.0 Å². The average Bonchev–Trinajstić information content (AvgIpc) is 3.31. The third-order valence-corrected chi connectivity index (χ3v) is 10.1. The number of esters is 3. The number of benzene rings is 3. The SMILES string of the molecule is COc1cc(/C=C/C(=O)O[C@H]2[C@H](OC(=O)/C=C/c3cc(OC)c(O)c(OC)c3)O[C@H](CO[C@H]3O[C@@H](CO)[C@H](O)[C@@H](O)[C@@H]3OC(=O)/C=C/c3cc(OC)c(O)c(OC)c3)[C@@H](O)[C@@H]2O)ccc1O. The zero-order valence-corrected chi connectivity index (χ0v) is 36.0. The fourth-order valence-electron chi connectivity index (χ4n) is 6.58. The summed E-state index contributed by atoms with van der Waals surface area (Å²) in [4.78, 5) is 39.4. The highest BCUT2D eigenvalue weighted by molar-refractivity contribution is 5.89. The van der Waals surface area contributed by atoms with Crippen molar-refractivity contribution in [2.24, 2.45) is 0 Å². The minimum atomic E-state index is -2.04. The van der Waals surface area contributed by atoms with Crippen molar-refractivity contribution in [2.75, 3.05) is 48.8 Å². The monoisotopic (exact) mass is 930 g/mol. The maximum atomic E-state index is 13.3. The summed E-state index contributed by atoms with van der Waals surface area (Å²) in [5.41, 5.74) is 1.01. The number of phenolic OH excluding ortho intramolecular Hbond substituents is 3. The van der Waals surface area contributed by atoms with Crippen molar-refractivity contribution < 1.29 is 107 Å². The molecule has 0 spiro atoms. The lowest BCUT2D eigenvalue weighted by Crippen LogP contribution is -2.63. The van der Waals surface area contributed by atoms with Crippen molar-refractivity contribution in [1.29, 1.82) is 0 Å². The fraction of sp³-hybridized carbons (Fsp3) is 0.386. The van der Waals surface area contributed by atoms with Gasteiger partial charge in [0.1, 0.15) is 36.6 Å². The molecule has 0 aromatic heterocycles. The number of aromatic hydroxyl groups is 3. The summed E-state index contributed by atoms with van der Waals surface area (Å²) in [5, 5.41) is 84.5. The van der Waals surface area contributed by atoms with Gasteiger partial charge < -0.3 is 93.0 Å². The summed E-state index contributed by atoms with van der Waals surface area (Å²) in [7, 11) is 6.53. The lowest BCUT2D eigenvalue weighted by Gasteiger charge is -2.43. The molecule has 0 bridgehead atoms. The Hall–Kier alpha value is -6.63. The lowest BCUT2D eigenvalue weighted by atomic mass is 9.98. The normalized spacial score (nSPS) is 25.4. The number of hydrogen-bond donors (Lipinski definition) is 8. The molecule has 0 aliphatic carbocycles. The molecule has 2 saturated heterocycles. The van der Waals surface area contributed by atoms with Crippen molar-refractivity contribution in [3.8, 4) is 46.0 Å². The van der Waals surface area contributed by atoms with E-state index in [2.05, 4.69) is 0 Å². The van der Waals surface area contributed by atoms with Crippen molar-refractivity contribution in [2.45, 2.75) is 61.4 Å². The number of methoxy groups -OCH3 is 5. The molecule has 2 fully saturated rings. The molecule has 22 heteroatoms. The number of aliphatic hydroxyl groups excluding tert-OH is 5. The van der Waals surface area contributed by atoms with Gasteiger partial charge in [0.25, 0.3) is 0 Å². The Morgan fingerprint density at radius 1 is 0.530 bits per heavy atom. The topological polar surface area (TPSA) is 315 Å². The Morgan fingerprint density at radius 2 is 0.924 bits per heavy atom. The first-order valence-electron chi connectivity index (χ1n) is 19.7. The Kier molecular flexibility index (Phi) is 17.6. The van der Waals surface area contributed by atoms with E-state index in [1.807, 2.05) is 0 Å². The second kappa shape index (κ2) is 23.0. The third-order valence-electron chi connectivity index (χ3n) is 10.1.